The van der Waals surface area contributed by atoms with E-state index in [-0.39, 0.29) is 6.04 Å². The molecule has 106 valence electrons. The average molecular weight is 360 g/mol. The molecule has 1 heterocycles. The topological polar surface area (TPSA) is 51.8 Å². The minimum Gasteiger partial charge on any atom is -0.324 e. The van der Waals surface area contributed by atoms with E-state index >= 15 is 0 Å². The summed E-state index contributed by atoms with van der Waals surface area (Å²) in [6, 6.07) is 14.3. The Hall–Kier alpha value is -1.43. The van der Waals surface area contributed by atoms with Gasteiger partial charge in [-0.3, -0.25) is 0 Å². The predicted molar refractivity (Wildman–Crippen MR) is 90.4 cm³/mol. The van der Waals surface area contributed by atoms with Gasteiger partial charge in [0.25, 0.3) is 0 Å². The zero-order chi connectivity index (χ0) is 14.8. The van der Waals surface area contributed by atoms with Crippen molar-refractivity contribution in [2.45, 2.75) is 22.9 Å². The summed E-state index contributed by atoms with van der Waals surface area (Å²) in [6.45, 7) is 1.98. The smallest absolute Gasteiger partial charge is 0.117 e. The third-order valence-corrected chi connectivity index (χ3v) is 5.21. The monoisotopic (exact) mass is 359 g/mol. The molecule has 0 amide bonds. The molecule has 1 atom stereocenters. The van der Waals surface area contributed by atoms with E-state index in [1.807, 2.05) is 31.2 Å². The second kappa shape index (κ2) is 6.13. The molecular weight excluding hydrogens is 346 g/mol. The van der Waals surface area contributed by atoms with Gasteiger partial charge in [0.15, 0.2) is 0 Å². The van der Waals surface area contributed by atoms with Gasteiger partial charge in [-0.2, -0.15) is 0 Å². The van der Waals surface area contributed by atoms with E-state index < -0.39 is 0 Å². The highest BCUT2D eigenvalue weighted by Gasteiger charge is 2.09. The Morgan fingerprint density at radius 3 is 2.71 bits per heavy atom. The molecule has 21 heavy (non-hydrogen) atoms. The second-order valence-electron chi connectivity index (χ2n) is 4.78. The summed E-state index contributed by atoms with van der Waals surface area (Å²) in [4.78, 5) is 9.81. The fraction of sp³-hybridized carbons (Fsp3) is 0.125. The van der Waals surface area contributed by atoms with E-state index in [0.29, 0.717) is 0 Å². The third kappa shape index (κ3) is 3.10. The summed E-state index contributed by atoms with van der Waals surface area (Å²) in [5.41, 5.74) is 7.98. The first-order chi connectivity index (χ1) is 10.1. The molecule has 3 rings (SSSR count). The maximum Gasteiger partial charge on any atom is 0.117 e. The van der Waals surface area contributed by atoms with Crippen LogP contribution in [0.3, 0.4) is 0 Å². The lowest BCUT2D eigenvalue weighted by Gasteiger charge is -2.10. The molecular formula is C16H14BrN3S. The first-order valence-electron chi connectivity index (χ1n) is 6.58. The highest BCUT2D eigenvalue weighted by atomic mass is 79.9. The number of benzene rings is 2. The van der Waals surface area contributed by atoms with Gasteiger partial charge in [0.05, 0.1) is 5.52 Å². The Kier molecular flexibility index (Phi) is 4.24. The van der Waals surface area contributed by atoms with Gasteiger partial charge >= 0.3 is 0 Å². The number of fused-ring (bicyclic) bond motifs is 1. The average Bonchev–Trinajstić information content (AvgIpc) is 2.49. The van der Waals surface area contributed by atoms with Crippen molar-refractivity contribution < 1.29 is 0 Å². The fourth-order valence-corrected chi connectivity index (χ4v) is 3.57. The molecule has 2 N–H and O–H groups in total. The molecule has 1 aromatic heterocycles. The van der Waals surface area contributed by atoms with E-state index in [2.05, 4.69) is 44.1 Å². The molecule has 0 spiro atoms. The van der Waals surface area contributed by atoms with Gasteiger partial charge in [0, 0.05) is 20.8 Å². The van der Waals surface area contributed by atoms with Crippen molar-refractivity contribution >= 4 is 38.6 Å². The number of nitrogens with zero attached hydrogens (tertiary/aromatic N) is 2. The van der Waals surface area contributed by atoms with Crippen molar-refractivity contribution in [2.24, 2.45) is 5.73 Å². The lowest BCUT2D eigenvalue weighted by atomic mass is 10.1. The molecule has 3 nitrogen and oxygen atoms in total. The van der Waals surface area contributed by atoms with Crippen molar-refractivity contribution in [1.82, 2.24) is 9.97 Å². The first kappa shape index (κ1) is 14.5. The van der Waals surface area contributed by atoms with Gasteiger partial charge in [0.2, 0.25) is 0 Å². The zero-order valence-electron chi connectivity index (χ0n) is 11.5. The number of hydrogen-bond acceptors (Lipinski definition) is 4. The van der Waals surface area contributed by atoms with E-state index in [4.69, 9.17) is 5.73 Å². The summed E-state index contributed by atoms with van der Waals surface area (Å²) in [6.07, 6.45) is 1.61. The quantitative estimate of drug-likeness (QED) is 0.696. The summed E-state index contributed by atoms with van der Waals surface area (Å²) >= 11 is 5.24. The largest absolute Gasteiger partial charge is 0.324 e. The van der Waals surface area contributed by atoms with Gasteiger partial charge in [-0.1, -0.05) is 36.0 Å². The first-order valence-corrected chi connectivity index (χ1v) is 8.19. The molecule has 0 radical (unpaired) electrons. The molecule has 0 saturated heterocycles. The van der Waals surface area contributed by atoms with Crippen LogP contribution in [0.4, 0.5) is 0 Å². The van der Waals surface area contributed by atoms with Crippen LogP contribution in [0.1, 0.15) is 18.5 Å². The van der Waals surface area contributed by atoms with Gasteiger partial charge in [-0.05, 0) is 46.6 Å². The van der Waals surface area contributed by atoms with Gasteiger partial charge in [-0.15, -0.1) is 0 Å². The molecule has 0 bridgehead atoms. The Bertz CT molecular complexity index is 784. The summed E-state index contributed by atoms with van der Waals surface area (Å²) in [7, 11) is 0. The van der Waals surface area contributed by atoms with Crippen LogP contribution >= 0.6 is 27.7 Å². The second-order valence-corrected chi connectivity index (χ2v) is 6.66. The summed E-state index contributed by atoms with van der Waals surface area (Å²) < 4.78 is 1.03. The number of nitrogens with two attached hydrogens (primary N) is 1. The Morgan fingerprint density at radius 2 is 1.95 bits per heavy atom. The maximum absolute atomic E-state index is 5.91. The Labute approximate surface area is 136 Å². The van der Waals surface area contributed by atoms with Crippen LogP contribution in [0.15, 0.2) is 63.2 Å². The van der Waals surface area contributed by atoms with Crippen LogP contribution < -0.4 is 5.73 Å². The van der Waals surface area contributed by atoms with Crippen molar-refractivity contribution in [1.29, 1.82) is 0 Å². The number of aromatic nitrogens is 2. The zero-order valence-corrected chi connectivity index (χ0v) is 13.9. The molecule has 5 heteroatoms. The van der Waals surface area contributed by atoms with Gasteiger partial charge in [0.1, 0.15) is 11.4 Å². The molecule has 3 aromatic rings. The lowest BCUT2D eigenvalue weighted by Crippen LogP contribution is -2.04. The van der Waals surface area contributed by atoms with Crippen molar-refractivity contribution in [3.63, 3.8) is 0 Å². The summed E-state index contributed by atoms with van der Waals surface area (Å²) in [5.74, 6) is 0. The summed E-state index contributed by atoms with van der Waals surface area (Å²) in [5, 5.41) is 2.02. The Balaban J connectivity index is 1.99. The van der Waals surface area contributed by atoms with Crippen molar-refractivity contribution in [2.75, 3.05) is 0 Å². The normalized spacial score (nSPS) is 12.5. The van der Waals surface area contributed by atoms with Crippen LogP contribution in [-0.2, 0) is 0 Å². The van der Waals surface area contributed by atoms with Crippen LogP contribution in [0.25, 0.3) is 10.9 Å². The molecule has 0 unspecified atom stereocenters. The fourth-order valence-electron chi connectivity index (χ4n) is 2.05. The third-order valence-electron chi connectivity index (χ3n) is 3.19. The SMILES string of the molecule is C[C@H](N)c1ccc(Sc2ncnc3ccccc23)c(Br)c1. The van der Waals surface area contributed by atoms with Crippen molar-refractivity contribution in [3.8, 4) is 0 Å². The molecule has 0 aliphatic carbocycles. The van der Waals surface area contributed by atoms with Crippen LogP contribution in [0, 0.1) is 0 Å². The van der Waals surface area contributed by atoms with E-state index in [1.54, 1.807) is 18.1 Å². The minimum absolute atomic E-state index is 0.0280. The van der Waals surface area contributed by atoms with E-state index in [9.17, 15) is 0 Å². The van der Waals surface area contributed by atoms with E-state index in [1.165, 1.54) is 0 Å². The maximum atomic E-state index is 5.91. The molecule has 0 fully saturated rings. The Morgan fingerprint density at radius 1 is 1.14 bits per heavy atom. The number of halogens is 1. The molecule has 0 aliphatic heterocycles. The number of para-hydroxylation sites is 1. The molecule has 2 aromatic carbocycles. The molecule has 0 aliphatic rings. The number of hydrogen-bond donors (Lipinski definition) is 1. The van der Waals surface area contributed by atoms with Crippen molar-refractivity contribution in [3.05, 3.63) is 58.8 Å². The lowest BCUT2D eigenvalue weighted by molar-refractivity contribution is 0.815. The predicted octanol–water partition coefficient (Wildman–Crippen LogP) is 4.56. The van der Waals surface area contributed by atoms with Crippen LogP contribution in [0.2, 0.25) is 0 Å². The van der Waals surface area contributed by atoms with Gasteiger partial charge in [-0.25, -0.2) is 9.97 Å². The highest BCUT2D eigenvalue weighted by molar-refractivity contribution is 9.10. The highest BCUT2D eigenvalue weighted by Crippen LogP contribution is 2.36. The van der Waals surface area contributed by atoms with Crippen LogP contribution in [0.5, 0.6) is 0 Å². The van der Waals surface area contributed by atoms with E-state index in [0.717, 1.165) is 30.9 Å². The number of rotatable bonds is 3. The standard InChI is InChI=1S/C16H14BrN3S/c1-10(18)11-6-7-15(13(17)8-11)21-16-12-4-2-3-5-14(12)19-9-20-16/h2-10H,18H2,1H3/t10-/m0/s1. The van der Waals surface area contributed by atoms with Crippen LogP contribution in [-0.4, -0.2) is 9.97 Å². The minimum atomic E-state index is 0.0280. The molecule has 0 saturated carbocycles. The van der Waals surface area contributed by atoms with Gasteiger partial charge < -0.3 is 5.73 Å².